The number of hydrogen-bond acceptors (Lipinski definition) is 0. The summed E-state index contributed by atoms with van der Waals surface area (Å²) in [6.07, 6.45) is 0. The fourth-order valence-corrected chi connectivity index (χ4v) is 2.55. The molecule has 0 atom stereocenters. The number of halogens is 2. The zero-order valence-electron chi connectivity index (χ0n) is 10.6. The number of rotatable bonds is 3. The number of aryl methyl sites for hydroxylation is 2. The fourth-order valence-electron chi connectivity index (χ4n) is 2.22. The molecule has 0 nitrogen and oxygen atoms in total. The molecule has 0 aliphatic carbocycles. The normalized spacial score (nSPS) is 10.7. The molecule has 2 aromatic carbocycles. The monoisotopic (exact) mass is 278 g/mol. The van der Waals surface area contributed by atoms with Crippen LogP contribution in [0.1, 0.15) is 22.3 Å². The van der Waals surface area contributed by atoms with Gasteiger partial charge in [-0.1, -0.05) is 36.4 Å². The van der Waals surface area contributed by atoms with Gasteiger partial charge >= 0.3 is 0 Å². The minimum atomic E-state index is 0.561. The Morgan fingerprint density at radius 2 is 1.11 bits per heavy atom. The van der Waals surface area contributed by atoms with E-state index in [1.54, 1.807) is 0 Å². The molecule has 0 heterocycles. The molecule has 0 unspecified atom stereocenters. The lowest BCUT2D eigenvalue weighted by molar-refractivity contribution is 1.31. The minimum Gasteiger partial charge on any atom is -0.122 e. The second kappa shape index (κ2) is 5.77. The predicted molar refractivity (Wildman–Crippen MR) is 80.5 cm³/mol. The summed E-state index contributed by atoms with van der Waals surface area (Å²) in [7, 11) is 0. The highest BCUT2D eigenvalue weighted by molar-refractivity contribution is 6.17. The standard InChI is InChI=1S/C16H16Cl2/c1-11-7-13(9-17)3-5-15(11)16-6-4-14(10-18)8-12(16)2/h3-8H,9-10H2,1-2H3. The van der Waals surface area contributed by atoms with Gasteiger partial charge in [0.15, 0.2) is 0 Å². The molecule has 2 aromatic rings. The number of hydrogen-bond donors (Lipinski definition) is 0. The molecule has 0 saturated heterocycles. The molecule has 94 valence electrons. The van der Waals surface area contributed by atoms with Crippen molar-refractivity contribution < 1.29 is 0 Å². The zero-order chi connectivity index (χ0) is 13.1. The summed E-state index contributed by atoms with van der Waals surface area (Å²) in [4.78, 5) is 0. The molecule has 0 N–H and O–H groups in total. The van der Waals surface area contributed by atoms with Gasteiger partial charge in [0.1, 0.15) is 0 Å². The molecule has 0 saturated carbocycles. The topological polar surface area (TPSA) is 0 Å². The van der Waals surface area contributed by atoms with Crippen LogP contribution in [0.4, 0.5) is 0 Å². The summed E-state index contributed by atoms with van der Waals surface area (Å²) in [5.74, 6) is 1.12. The van der Waals surface area contributed by atoms with E-state index in [-0.39, 0.29) is 0 Å². The van der Waals surface area contributed by atoms with Crippen molar-refractivity contribution in [3.8, 4) is 11.1 Å². The zero-order valence-corrected chi connectivity index (χ0v) is 12.1. The summed E-state index contributed by atoms with van der Waals surface area (Å²) in [5.41, 5.74) is 7.37. The molecule has 0 aromatic heterocycles. The SMILES string of the molecule is Cc1cc(CCl)ccc1-c1ccc(CCl)cc1C. The third-order valence-electron chi connectivity index (χ3n) is 3.18. The van der Waals surface area contributed by atoms with Gasteiger partial charge in [0, 0.05) is 11.8 Å². The van der Waals surface area contributed by atoms with E-state index < -0.39 is 0 Å². The summed E-state index contributed by atoms with van der Waals surface area (Å²) >= 11 is 11.7. The maximum absolute atomic E-state index is 5.85. The summed E-state index contributed by atoms with van der Waals surface area (Å²) < 4.78 is 0. The average molecular weight is 279 g/mol. The predicted octanol–water partition coefficient (Wildman–Crippen LogP) is 5.45. The van der Waals surface area contributed by atoms with Crippen LogP contribution in [0, 0.1) is 13.8 Å². The van der Waals surface area contributed by atoms with Crippen LogP contribution in [0.3, 0.4) is 0 Å². The maximum Gasteiger partial charge on any atom is 0.0474 e. The Morgan fingerprint density at radius 1 is 0.722 bits per heavy atom. The van der Waals surface area contributed by atoms with E-state index >= 15 is 0 Å². The Labute approximate surface area is 119 Å². The molecule has 18 heavy (non-hydrogen) atoms. The first-order valence-electron chi connectivity index (χ1n) is 5.97. The largest absolute Gasteiger partial charge is 0.122 e. The smallest absolute Gasteiger partial charge is 0.0474 e. The Bertz CT molecular complexity index is 508. The molecular formula is C16H16Cl2. The van der Waals surface area contributed by atoms with Crippen LogP contribution >= 0.6 is 23.2 Å². The Balaban J connectivity index is 2.48. The van der Waals surface area contributed by atoms with Crippen molar-refractivity contribution in [2.75, 3.05) is 0 Å². The summed E-state index contributed by atoms with van der Waals surface area (Å²) in [6, 6.07) is 12.8. The van der Waals surface area contributed by atoms with Crippen LogP contribution in [0.2, 0.25) is 0 Å². The van der Waals surface area contributed by atoms with Gasteiger partial charge in [0.25, 0.3) is 0 Å². The van der Waals surface area contributed by atoms with Gasteiger partial charge in [-0.05, 0) is 47.2 Å². The molecule has 0 amide bonds. The summed E-state index contributed by atoms with van der Waals surface area (Å²) in [6.45, 7) is 4.25. The third-order valence-corrected chi connectivity index (χ3v) is 3.80. The van der Waals surface area contributed by atoms with Gasteiger partial charge in [-0.3, -0.25) is 0 Å². The molecule has 0 fully saturated rings. The van der Waals surface area contributed by atoms with Crippen LogP contribution in [0.25, 0.3) is 11.1 Å². The maximum atomic E-state index is 5.85. The van der Waals surface area contributed by atoms with Crippen LogP contribution in [-0.4, -0.2) is 0 Å². The van der Waals surface area contributed by atoms with Crippen LogP contribution in [-0.2, 0) is 11.8 Å². The van der Waals surface area contributed by atoms with Crippen molar-refractivity contribution in [1.29, 1.82) is 0 Å². The van der Waals surface area contributed by atoms with E-state index in [1.165, 1.54) is 22.3 Å². The van der Waals surface area contributed by atoms with Gasteiger partial charge in [0.2, 0.25) is 0 Å². The Morgan fingerprint density at radius 3 is 1.39 bits per heavy atom. The van der Waals surface area contributed by atoms with Gasteiger partial charge in [0.05, 0.1) is 0 Å². The highest BCUT2D eigenvalue weighted by atomic mass is 35.5. The van der Waals surface area contributed by atoms with E-state index in [0.717, 1.165) is 11.1 Å². The molecule has 0 bridgehead atoms. The lowest BCUT2D eigenvalue weighted by Gasteiger charge is -2.11. The first-order chi connectivity index (χ1) is 8.65. The Hall–Kier alpha value is -0.980. The van der Waals surface area contributed by atoms with Crippen LogP contribution in [0.15, 0.2) is 36.4 Å². The first kappa shape index (κ1) is 13.5. The van der Waals surface area contributed by atoms with Crippen molar-refractivity contribution in [3.63, 3.8) is 0 Å². The highest BCUT2D eigenvalue weighted by Gasteiger charge is 2.06. The molecule has 2 rings (SSSR count). The van der Waals surface area contributed by atoms with Crippen LogP contribution in [0.5, 0.6) is 0 Å². The summed E-state index contributed by atoms with van der Waals surface area (Å²) in [5, 5.41) is 0. The molecule has 2 heteroatoms. The average Bonchev–Trinajstić information content (AvgIpc) is 2.39. The van der Waals surface area contributed by atoms with Gasteiger partial charge in [-0.2, -0.15) is 0 Å². The minimum absolute atomic E-state index is 0.561. The van der Waals surface area contributed by atoms with Gasteiger partial charge in [-0.25, -0.2) is 0 Å². The molecular weight excluding hydrogens is 263 g/mol. The lowest BCUT2D eigenvalue weighted by atomic mass is 9.94. The van der Waals surface area contributed by atoms with Crippen molar-refractivity contribution >= 4 is 23.2 Å². The van der Waals surface area contributed by atoms with Gasteiger partial charge < -0.3 is 0 Å². The van der Waals surface area contributed by atoms with Crippen molar-refractivity contribution in [1.82, 2.24) is 0 Å². The number of alkyl halides is 2. The molecule has 0 aliphatic rings. The van der Waals surface area contributed by atoms with Crippen LogP contribution < -0.4 is 0 Å². The van der Waals surface area contributed by atoms with E-state index in [4.69, 9.17) is 23.2 Å². The molecule has 0 spiro atoms. The van der Waals surface area contributed by atoms with Crippen molar-refractivity contribution in [2.24, 2.45) is 0 Å². The van der Waals surface area contributed by atoms with E-state index in [2.05, 4.69) is 50.2 Å². The fraction of sp³-hybridized carbons (Fsp3) is 0.250. The first-order valence-corrected chi connectivity index (χ1v) is 7.04. The second-order valence-electron chi connectivity index (χ2n) is 4.57. The molecule has 0 aliphatic heterocycles. The molecule has 0 radical (unpaired) electrons. The van der Waals surface area contributed by atoms with E-state index in [0.29, 0.717) is 11.8 Å². The Kier molecular flexibility index (Phi) is 4.31. The number of benzene rings is 2. The quantitative estimate of drug-likeness (QED) is 0.655. The van der Waals surface area contributed by atoms with Gasteiger partial charge in [-0.15, -0.1) is 23.2 Å². The van der Waals surface area contributed by atoms with E-state index in [9.17, 15) is 0 Å². The second-order valence-corrected chi connectivity index (χ2v) is 5.10. The van der Waals surface area contributed by atoms with E-state index in [1.807, 2.05) is 0 Å². The van der Waals surface area contributed by atoms with Crippen molar-refractivity contribution in [2.45, 2.75) is 25.6 Å². The highest BCUT2D eigenvalue weighted by Crippen LogP contribution is 2.28. The van der Waals surface area contributed by atoms with Crippen molar-refractivity contribution in [3.05, 3.63) is 58.7 Å². The third kappa shape index (κ3) is 2.71. The lowest BCUT2D eigenvalue weighted by Crippen LogP contribution is -1.90.